The normalized spacial score (nSPS) is 21.6. The number of amides is 1. The van der Waals surface area contributed by atoms with Crippen molar-refractivity contribution in [2.24, 2.45) is 0 Å². The van der Waals surface area contributed by atoms with Gasteiger partial charge in [0, 0.05) is 6.54 Å². The highest BCUT2D eigenvalue weighted by Gasteiger charge is 2.34. The molecule has 0 saturated carbocycles. The highest BCUT2D eigenvalue weighted by Crippen LogP contribution is 2.19. The average molecular weight is 277 g/mol. The maximum atomic E-state index is 11.8. The molecule has 1 saturated heterocycles. The summed E-state index contributed by atoms with van der Waals surface area (Å²) in [6, 6.07) is 10.1. The van der Waals surface area contributed by atoms with Gasteiger partial charge in [0.1, 0.15) is 6.10 Å². The van der Waals surface area contributed by atoms with Gasteiger partial charge in [-0.2, -0.15) is 0 Å². The van der Waals surface area contributed by atoms with Crippen LogP contribution in [0.3, 0.4) is 0 Å². The Labute approximate surface area is 117 Å². The van der Waals surface area contributed by atoms with E-state index in [0.717, 1.165) is 12.8 Å². The van der Waals surface area contributed by atoms with E-state index in [4.69, 9.17) is 9.84 Å². The van der Waals surface area contributed by atoms with Crippen molar-refractivity contribution in [1.82, 2.24) is 5.32 Å². The van der Waals surface area contributed by atoms with E-state index >= 15 is 0 Å². The highest BCUT2D eigenvalue weighted by atomic mass is 16.5. The van der Waals surface area contributed by atoms with Gasteiger partial charge in [-0.1, -0.05) is 30.3 Å². The maximum Gasteiger partial charge on any atom is 0.332 e. The Morgan fingerprint density at radius 1 is 1.20 bits per heavy atom. The number of rotatable bonds is 6. The molecule has 0 aromatic heterocycles. The van der Waals surface area contributed by atoms with E-state index in [1.54, 1.807) is 0 Å². The zero-order chi connectivity index (χ0) is 14.4. The van der Waals surface area contributed by atoms with Crippen LogP contribution in [0.2, 0.25) is 0 Å². The molecule has 1 amide bonds. The summed E-state index contributed by atoms with van der Waals surface area (Å²) in [7, 11) is 0. The van der Waals surface area contributed by atoms with Crippen molar-refractivity contribution >= 4 is 11.9 Å². The van der Waals surface area contributed by atoms with Crippen LogP contribution in [0.4, 0.5) is 0 Å². The Hall–Kier alpha value is -1.88. The summed E-state index contributed by atoms with van der Waals surface area (Å²) in [5.41, 5.74) is 1.24. The zero-order valence-corrected chi connectivity index (χ0v) is 11.2. The number of nitrogens with one attached hydrogen (secondary N) is 1. The van der Waals surface area contributed by atoms with E-state index in [-0.39, 0.29) is 5.91 Å². The molecule has 0 bridgehead atoms. The van der Waals surface area contributed by atoms with Crippen molar-refractivity contribution in [2.75, 3.05) is 6.54 Å². The van der Waals surface area contributed by atoms with E-state index in [1.807, 2.05) is 18.2 Å². The molecule has 1 aliphatic heterocycles. The molecular formula is C15H19NO4. The number of carbonyl (C=O) groups excluding carboxylic acids is 1. The minimum atomic E-state index is -0.996. The lowest BCUT2D eigenvalue weighted by Crippen LogP contribution is -2.36. The molecule has 20 heavy (non-hydrogen) atoms. The fraction of sp³-hybridized carbons (Fsp3) is 0.467. The minimum Gasteiger partial charge on any atom is -0.479 e. The van der Waals surface area contributed by atoms with Gasteiger partial charge in [0.05, 0.1) is 0 Å². The topological polar surface area (TPSA) is 75.6 Å². The second-order valence-electron chi connectivity index (χ2n) is 4.91. The molecule has 2 N–H and O–H groups in total. The number of carboxylic acid groups (broad SMARTS) is 1. The lowest BCUT2D eigenvalue weighted by Gasteiger charge is -2.11. The van der Waals surface area contributed by atoms with Crippen LogP contribution in [0, 0.1) is 0 Å². The SMILES string of the molecule is O=C(O)C1CCC(C(=O)NCCCc2ccccc2)O1. The van der Waals surface area contributed by atoms with Gasteiger partial charge in [-0.15, -0.1) is 0 Å². The number of carboxylic acids is 1. The first-order chi connectivity index (χ1) is 9.66. The number of aliphatic carboxylic acids is 1. The Morgan fingerprint density at radius 3 is 2.55 bits per heavy atom. The Balaban J connectivity index is 1.65. The Bertz CT molecular complexity index is 460. The summed E-state index contributed by atoms with van der Waals surface area (Å²) >= 11 is 0. The molecule has 5 heteroatoms. The van der Waals surface area contributed by atoms with E-state index < -0.39 is 18.2 Å². The van der Waals surface area contributed by atoms with Crippen LogP contribution in [0.1, 0.15) is 24.8 Å². The largest absolute Gasteiger partial charge is 0.479 e. The Morgan fingerprint density at radius 2 is 1.90 bits per heavy atom. The first kappa shape index (κ1) is 14.5. The number of ether oxygens (including phenoxy) is 1. The van der Waals surface area contributed by atoms with Crippen molar-refractivity contribution in [3.63, 3.8) is 0 Å². The summed E-state index contributed by atoms with van der Waals surface area (Å²) in [4.78, 5) is 22.5. The van der Waals surface area contributed by atoms with Crippen molar-refractivity contribution in [1.29, 1.82) is 0 Å². The third kappa shape index (κ3) is 4.06. The predicted octanol–water partition coefficient (Wildman–Crippen LogP) is 1.37. The molecular weight excluding hydrogens is 258 g/mol. The van der Waals surface area contributed by atoms with Crippen LogP contribution in [0.25, 0.3) is 0 Å². The van der Waals surface area contributed by atoms with Gasteiger partial charge < -0.3 is 15.2 Å². The third-order valence-electron chi connectivity index (χ3n) is 3.37. The quantitative estimate of drug-likeness (QED) is 0.770. The third-order valence-corrected chi connectivity index (χ3v) is 3.37. The van der Waals surface area contributed by atoms with Gasteiger partial charge in [0.15, 0.2) is 6.10 Å². The molecule has 108 valence electrons. The van der Waals surface area contributed by atoms with Gasteiger partial charge in [0.25, 0.3) is 0 Å². The van der Waals surface area contributed by atoms with Crippen LogP contribution in [0.5, 0.6) is 0 Å². The van der Waals surface area contributed by atoms with Crippen LogP contribution >= 0.6 is 0 Å². The van der Waals surface area contributed by atoms with E-state index in [9.17, 15) is 9.59 Å². The van der Waals surface area contributed by atoms with Crippen LogP contribution in [0.15, 0.2) is 30.3 Å². The lowest BCUT2D eigenvalue weighted by atomic mass is 10.1. The first-order valence-electron chi connectivity index (χ1n) is 6.86. The van der Waals surface area contributed by atoms with E-state index in [1.165, 1.54) is 5.56 Å². The summed E-state index contributed by atoms with van der Waals surface area (Å²) in [6.07, 6.45) is 1.18. The average Bonchev–Trinajstić information content (AvgIpc) is 2.94. The van der Waals surface area contributed by atoms with E-state index in [2.05, 4.69) is 17.4 Å². The van der Waals surface area contributed by atoms with Crippen LogP contribution < -0.4 is 5.32 Å². The molecule has 2 rings (SSSR count). The molecule has 1 fully saturated rings. The summed E-state index contributed by atoms with van der Waals surface area (Å²) in [6.45, 7) is 0.575. The standard InChI is InChI=1S/C15H19NO4/c17-14(12-8-9-13(20-12)15(18)19)16-10-4-7-11-5-2-1-3-6-11/h1-3,5-6,12-13H,4,7-10H2,(H,16,17)(H,18,19). The van der Waals surface area contributed by atoms with Crippen LogP contribution in [-0.4, -0.2) is 35.7 Å². The second kappa shape index (κ2) is 7.05. The smallest absolute Gasteiger partial charge is 0.332 e. The summed E-state index contributed by atoms with van der Waals surface area (Å²) in [5.74, 6) is -1.20. The van der Waals surface area contributed by atoms with Gasteiger partial charge in [-0.25, -0.2) is 4.79 Å². The van der Waals surface area contributed by atoms with Crippen molar-refractivity contribution in [2.45, 2.75) is 37.9 Å². The van der Waals surface area contributed by atoms with Crippen LogP contribution in [-0.2, 0) is 20.7 Å². The molecule has 5 nitrogen and oxygen atoms in total. The summed E-state index contributed by atoms with van der Waals surface area (Å²) < 4.78 is 5.19. The molecule has 0 aliphatic carbocycles. The maximum absolute atomic E-state index is 11.8. The fourth-order valence-electron chi connectivity index (χ4n) is 2.27. The number of hydrogen-bond donors (Lipinski definition) is 2. The molecule has 0 spiro atoms. The molecule has 1 aromatic rings. The first-order valence-corrected chi connectivity index (χ1v) is 6.86. The molecule has 0 radical (unpaired) electrons. The highest BCUT2D eigenvalue weighted by molar-refractivity contribution is 5.82. The lowest BCUT2D eigenvalue weighted by molar-refractivity contribution is -0.151. The number of carbonyl (C=O) groups is 2. The van der Waals surface area contributed by atoms with Gasteiger partial charge in [0.2, 0.25) is 5.91 Å². The Kier molecular flexibility index (Phi) is 5.12. The number of benzene rings is 1. The second-order valence-corrected chi connectivity index (χ2v) is 4.91. The molecule has 1 aromatic carbocycles. The van der Waals surface area contributed by atoms with Crippen molar-refractivity contribution < 1.29 is 19.4 Å². The van der Waals surface area contributed by atoms with Crippen molar-refractivity contribution in [3.8, 4) is 0 Å². The molecule has 1 heterocycles. The monoisotopic (exact) mass is 277 g/mol. The number of aryl methyl sites for hydroxylation is 1. The van der Waals surface area contributed by atoms with Gasteiger partial charge in [-0.05, 0) is 31.2 Å². The van der Waals surface area contributed by atoms with E-state index in [0.29, 0.717) is 19.4 Å². The molecule has 1 aliphatic rings. The molecule has 2 atom stereocenters. The summed E-state index contributed by atoms with van der Waals surface area (Å²) in [5, 5.41) is 11.6. The molecule has 2 unspecified atom stereocenters. The fourth-order valence-corrected chi connectivity index (χ4v) is 2.27. The number of hydrogen-bond acceptors (Lipinski definition) is 3. The van der Waals surface area contributed by atoms with Gasteiger partial charge in [-0.3, -0.25) is 4.79 Å². The predicted molar refractivity (Wildman–Crippen MR) is 73.3 cm³/mol. The zero-order valence-electron chi connectivity index (χ0n) is 11.2. The van der Waals surface area contributed by atoms with Crippen molar-refractivity contribution in [3.05, 3.63) is 35.9 Å². The minimum absolute atomic E-state index is 0.207. The van der Waals surface area contributed by atoms with Gasteiger partial charge >= 0.3 is 5.97 Å².